The number of para-hydroxylation sites is 3. The van der Waals surface area contributed by atoms with E-state index in [0.29, 0.717) is 5.57 Å². The number of nitrogens with one attached hydrogen (secondary N) is 2. The molecule has 2 heterocycles. The number of anilines is 2. The molecule has 154 valence electrons. The number of aryl methyl sites for hydroxylation is 2. The molecule has 0 aliphatic carbocycles. The van der Waals surface area contributed by atoms with Gasteiger partial charge in [-0.05, 0) is 50.1 Å². The Bertz CT molecular complexity index is 1330. The monoisotopic (exact) mass is 408 g/mol. The first-order valence-electron chi connectivity index (χ1n) is 10.4. The summed E-state index contributed by atoms with van der Waals surface area (Å²) in [5.41, 5.74) is 7.45. The van der Waals surface area contributed by atoms with Crippen molar-refractivity contribution in [3.05, 3.63) is 101 Å². The van der Waals surface area contributed by atoms with Crippen LogP contribution in [0.5, 0.6) is 0 Å². The fraction of sp³-hybridized carbons (Fsp3) is 0.154. The summed E-state index contributed by atoms with van der Waals surface area (Å²) in [6.45, 7) is 6.00. The fourth-order valence-corrected chi connectivity index (χ4v) is 4.22. The number of carbonyl (C=O) groups is 1. The molecule has 5 nitrogen and oxygen atoms in total. The van der Waals surface area contributed by atoms with Gasteiger partial charge in [-0.2, -0.15) is 0 Å². The van der Waals surface area contributed by atoms with Gasteiger partial charge < -0.3 is 10.6 Å². The number of hydrogen-bond donors (Lipinski definition) is 2. The van der Waals surface area contributed by atoms with E-state index in [9.17, 15) is 4.79 Å². The molecule has 1 aromatic heterocycles. The van der Waals surface area contributed by atoms with Crippen molar-refractivity contribution in [3.63, 3.8) is 0 Å². The van der Waals surface area contributed by atoms with Crippen molar-refractivity contribution in [2.24, 2.45) is 0 Å². The fourth-order valence-electron chi connectivity index (χ4n) is 4.22. The van der Waals surface area contributed by atoms with Crippen LogP contribution in [0.3, 0.4) is 0 Å². The minimum absolute atomic E-state index is 0.117. The molecular weight excluding hydrogens is 384 g/mol. The average Bonchev–Trinajstić information content (AvgIpc) is 3.13. The molecule has 0 radical (unpaired) electrons. The number of allylic oxidation sites excluding steroid dienone is 1. The van der Waals surface area contributed by atoms with E-state index in [-0.39, 0.29) is 11.9 Å². The van der Waals surface area contributed by atoms with E-state index < -0.39 is 0 Å². The number of imidazole rings is 1. The van der Waals surface area contributed by atoms with Crippen LogP contribution < -0.4 is 10.6 Å². The highest BCUT2D eigenvalue weighted by molar-refractivity contribution is 6.06. The van der Waals surface area contributed by atoms with Crippen molar-refractivity contribution < 1.29 is 4.79 Å². The lowest BCUT2D eigenvalue weighted by atomic mass is 9.93. The molecule has 0 fully saturated rings. The predicted octanol–water partition coefficient (Wildman–Crippen LogP) is 5.58. The maximum Gasteiger partial charge on any atom is 0.255 e. The first-order chi connectivity index (χ1) is 15.0. The lowest BCUT2D eigenvalue weighted by Gasteiger charge is -2.31. The SMILES string of the molecule is CC1=C(C(=O)Nc2ccccc2C)[C@@H](c2ccc(C)cc2)n2c(nc3ccccc32)N1. The van der Waals surface area contributed by atoms with E-state index in [4.69, 9.17) is 4.98 Å². The second-order valence-corrected chi connectivity index (χ2v) is 8.04. The van der Waals surface area contributed by atoms with Crippen LogP contribution in [-0.2, 0) is 4.79 Å². The Labute approximate surface area is 181 Å². The maximum absolute atomic E-state index is 13.6. The second-order valence-electron chi connectivity index (χ2n) is 8.04. The van der Waals surface area contributed by atoms with Crippen LogP contribution in [0.15, 0.2) is 84.1 Å². The minimum Gasteiger partial charge on any atom is -0.329 e. The number of fused-ring (bicyclic) bond motifs is 3. The normalized spacial score (nSPS) is 15.5. The van der Waals surface area contributed by atoms with Crippen LogP contribution in [0.25, 0.3) is 11.0 Å². The van der Waals surface area contributed by atoms with E-state index in [1.165, 1.54) is 5.56 Å². The van der Waals surface area contributed by atoms with Crippen molar-refractivity contribution in [2.45, 2.75) is 26.8 Å². The largest absolute Gasteiger partial charge is 0.329 e. The lowest BCUT2D eigenvalue weighted by Crippen LogP contribution is -2.31. The first kappa shape index (κ1) is 19.1. The molecule has 5 rings (SSSR count). The summed E-state index contributed by atoms with van der Waals surface area (Å²) >= 11 is 0. The summed E-state index contributed by atoms with van der Waals surface area (Å²) in [7, 11) is 0. The summed E-state index contributed by atoms with van der Waals surface area (Å²) in [6.07, 6.45) is 0. The quantitative estimate of drug-likeness (QED) is 0.465. The van der Waals surface area contributed by atoms with Gasteiger partial charge in [0.15, 0.2) is 0 Å². The molecule has 0 bridgehead atoms. The third kappa shape index (κ3) is 3.28. The number of amides is 1. The van der Waals surface area contributed by atoms with Gasteiger partial charge in [0.1, 0.15) is 0 Å². The van der Waals surface area contributed by atoms with Gasteiger partial charge in [0.2, 0.25) is 5.95 Å². The van der Waals surface area contributed by atoms with E-state index in [0.717, 1.165) is 39.5 Å². The third-order valence-electron chi connectivity index (χ3n) is 5.86. The smallest absolute Gasteiger partial charge is 0.255 e. The highest BCUT2D eigenvalue weighted by Crippen LogP contribution is 2.39. The summed E-state index contributed by atoms with van der Waals surface area (Å²) in [4.78, 5) is 18.4. The highest BCUT2D eigenvalue weighted by atomic mass is 16.1. The van der Waals surface area contributed by atoms with Gasteiger partial charge in [-0.25, -0.2) is 4.98 Å². The molecule has 1 aliphatic heterocycles. The Morgan fingerprint density at radius 3 is 2.42 bits per heavy atom. The Morgan fingerprint density at radius 2 is 1.65 bits per heavy atom. The minimum atomic E-state index is -0.284. The Morgan fingerprint density at radius 1 is 0.935 bits per heavy atom. The molecule has 0 spiro atoms. The van der Waals surface area contributed by atoms with Gasteiger partial charge in [0.05, 0.1) is 22.6 Å². The summed E-state index contributed by atoms with van der Waals surface area (Å²) in [6, 6.07) is 23.9. The molecular formula is C26H24N4O. The van der Waals surface area contributed by atoms with Crippen LogP contribution >= 0.6 is 0 Å². The molecule has 1 aliphatic rings. The zero-order valence-electron chi connectivity index (χ0n) is 17.8. The van der Waals surface area contributed by atoms with Gasteiger partial charge in [-0.3, -0.25) is 9.36 Å². The van der Waals surface area contributed by atoms with Gasteiger partial charge >= 0.3 is 0 Å². The maximum atomic E-state index is 13.6. The van der Waals surface area contributed by atoms with E-state index in [1.54, 1.807) is 0 Å². The number of nitrogens with zero attached hydrogens (tertiary/aromatic N) is 2. The highest BCUT2D eigenvalue weighted by Gasteiger charge is 2.34. The van der Waals surface area contributed by atoms with Crippen molar-refractivity contribution in [3.8, 4) is 0 Å². The second kappa shape index (κ2) is 7.43. The van der Waals surface area contributed by atoms with Gasteiger partial charge in [-0.1, -0.05) is 60.2 Å². The number of hydrogen-bond acceptors (Lipinski definition) is 3. The average molecular weight is 409 g/mol. The molecule has 0 saturated carbocycles. The number of carbonyl (C=O) groups excluding carboxylic acids is 1. The van der Waals surface area contributed by atoms with Crippen molar-refractivity contribution in [2.75, 3.05) is 10.6 Å². The van der Waals surface area contributed by atoms with Crippen LogP contribution in [0.1, 0.15) is 29.7 Å². The summed E-state index contributed by atoms with van der Waals surface area (Å²) < 4.78 is 2.12. The van der Waals surface area contributed by atoms with Crippen molar-refractivity contribution in [1.29, 1.82) is 0 Å². The van der Waals surface area contributed by atoms with Gasteiger partial charge in [0.25, 0.3) is 5.91 Å². The molecule has 5 heteroatoms. The van der Waals surface area contributed by atoms with Crippen molar-refractivity contribution >= 4 is 28.6 Å². The zero-order chi connectivity index (χ0) is 21.5. The first-order valence-corrected chi connectivity index (χ1v) is 10.4. The Balaban J connectivity index is 1.67. The third-order valence-corrected chi connectivity index (χ3v) is 5.86. The van der Waals surface area contributed by atoms with Crippen LogP contribution in [-0.4, -0.2) is 15.5 Å². The van der Waals surface area contributed by atoms with Crippen LogP contribution in [0, 0.1) is 13.8 Å². The van der Waals surface area contributed by atoms with Crippen molar-refractivity contribution in [1.82, 2.24) is 9.55 Å². The molecule has 1 atom stereocenters. The van der Waals surface area contributed by atoms with E-state index in [1.807, 2.05) is 62.4 Å². The van der Waals surface area contributed by atoms with Gasteiger partial charge in [0, 0.05) is 11.4 Å². The molecule has 0 unspecified atom stereocenters. The lowest BCUT2D eigenvalue weighted by molar-refractivity contribution is -0.113. The number of rotatable bonds is 3. The molecule has 1 amide bonds. The summed E-state index contributed by atoms with van der Waals surface area (Å²) in [5.74, 6) is 0.630. The number of benzene rings is 3. The molecule has 3 aromatic carbocycles. The number of aromatic nitrogens is 2. The topological polar surface area (TPSA) is 59.0 Å². The molecule has 0 saturated heterocycles. The van der Waals surface area contributed by atoms with Crippen LogP contribution in [0.2, 0.25) is 0 Å². The zero-order valence-corrected chi connectivity index (χ0v) is 17.8. The standard InChI is InChI=1S/C26H24N4O/c1-16-12-14-19(15-13-16)24-23(25(31)28-20-9-5-4-8-17(20)2)18(3)27-26-29-21-10-6-7-11-22(21)30(24)26/h4-15,24H,1-3H3,(H,27,29)(H,28,31)/t24-/m1/s1. The molecule has 31 heavy (non-hydrogen) atoms. The predicted molar refractivity (Wildman–Crippen MR) is 125 cm³/mol. The van der Waals surface area contributed by atoms with Crippen LogP contribution in [0.4, 0.5) is 11.6 Å². The molecule has 4 aromatic rings. The summed E-state index contributed by atoms with van der Waals surface area (Å²) in [5, 5.41) is 6.48. The molecule has 2 N–H and O–H groups in total. The van der Waals surface area contributed by atoms with E-state index >= 15 is 0 Å². The Kier molecular flexibility index (Phi) is 4.59. The van der Waals surface area contributed by atoms with E-state index in [2.05, 4.69) is 46.4 Å². The Hall–Kier alpha value is -3.86. The van der Waals surface area contributed by atoms with Gasteiger partial charge in [-0.15, -0.1) is 0 Å².